The molecule has 2 fully saturated rings. The lowest BCUT2D eigenvalue weighted by molar-refractivity contribution is -0.115. The number of rotatable bonds is 2. The summed E-state index contributed by atoms with van der Waals surface area (Å²) in [4.78, 5) is 5.25. The number of hydrogen-bond donors (Lipinski definition) is 0. The number of fused-ring (bicyclic) bond motifs is 2. The summed E-state index contributed by atoms with van der Waals surface area (Å²) in [6.45, 7) is 13.4. The lowest BCUT2D eigenvalue weighted by Crippen LogP contribution is -2.67. The average Bonchev–Trinajstić information content (AvgIpc) is 2.15. The summed E-state index contributed by atoms with van der Waals surface area (Å²) < 4.78 is 5.68. The molecule has 2 atom stereocenters. The van der Waals surface area contributed by atoms with Gasteiger partial charge in [-0.2, -0.15) is 0 Å². The predicted molar refractivity (Wildman–Crippen MR) is 62.1 cm³/mol. The summed E-state index contributed by atoms with van der Waals surface area (Å²) in [5.41, 5.74) is 0. The van der Waals surface area contributed by atoms with Gasteiger partial charge in [0.25, 0.3) is 0 Å². The van der Waals surface area contributed by atoms with Crippen LogP contribution in [0.1, 0.15) is 27.7 Å². The van der Waals surface area contributed by atoms with Crippen molar-refractivity contribution in [2.45, 2.75) is 51.9 Å². The van der Waals surface area contributed by atoms with Crippen molar-refractivity contribution < 1.29 is 4.74 Å². The molecule has 0 spiro atoms. The molecule has 0 aromatic heterocycles. The van der Waals surface area contributed by atoms with Gasteiger partial charge in [0.1, 0.15) is 0 Å². The molecule has 2 heterocycles. The number of morpholine rings is 1. The summed E-state index contributed by atoms with van der Waals surface area (Å²) in [5.74, 6) is 0. The standard InChI is InChI=1S/C12H24N2O/c1-9(2)13-5-11-7-15-8-12(6-13)14(11)10(3)4/h9-12H,5-8H2,1-4H3. The molecule has 3 heteroatoms. The summed E-state index contributed by atoms with van der Waals surface area (Å²) >= 11 is 0. The van der Waals surface area contributed by atoms with Crippen LogP contribution >= 0.6 is 0 Å². The molecule has 0 N–H and O–H groups in total. The fraction of sp³-hybridized carbons (Fsp3) is 1.00. The van der Waals surface area contributed by atoms with Crippen LogP contribution in [0.3, 0.4) is 0 Å². The Morgan fingerprint density at radius 3 is 1.87 bits per heavy atom. The van der Waals surface area contributed by atoms with Crippen molar-refractivity contribution in [3.8, 4) is 0 Å². The fourth-order valence-electron chi connectivity index (χ4n) is 2.99. The molecule has 88 valence electrons. The number of ether oxygens (including phenoxy) is 1. The SMILES string of the molecule is CC(C)N1CC2COCC(C1)N2C(C)C. The van der Waals surface area contributed by atoms with E-state index in [2.05, 4.69) is 37.5 Å². The topological polar surface area (TPSA) is 15.7 Å². The Morgan fingerprint density at radius 2 is 1.47 bits per heavy atom. The second-order valence-electron chi connectivity index (χ2n) is 5.43. The predicted octanol–water partition coefficient (Wildman–Crippen LogP) is 1.19. The van der Waals surface area contributed by atoms with E-state index < -0.39 is 0 Å². The zero-order valence-corrected chi connectivity index (χ0v) is 10.4. The van der Waals surface area contributed by atoms with E-state index in [0.717, 1.165) is 13.2 Å². The number of nitrogens with zero attached hydrogens (tertiary/aromatic N) is 2. The van der Waals surface area contributed by atoms with Crippen molar-refractivity contribution in [1.29, 1.82) is 0 Å². The molecule has 15 heavy (non-hydrogen) atoms. The molecular formula is C12H24N2O. The molecular weight excluding hydrogens is 188 g/mol. The average molecular weight is 212 g/mol. The van der Waals surface area contributed by atoms with Gasteiger partial charge in [-0.05, 0) is 27.7 Å². The van der Waals surface area contributed by atoms with Crippen LogP contribution in [0.4, 0.5) is 0 Å². The Balaban J connectivity index is 2.08. The summed E-state index contributed by atoms with van der Waals surface area (Å²) in [7, 11) is 0. The first kappa shape index (κ1) is 11.4. The minimum atomic E-state index is 0.611. The number of piperazine rings is 1. The second-order valence-corrected chi connectivity index (χ2v) is 5.43. The van der Waals surface area contributed by atoms with E-state index in [1.54, 1.807) is 0 Å². The van der Waals surface area contributed by atoms with Crippen molar-refractivity contribution in [3.63, 3.8) is 0 Å². The van der Waals surface area contributed by atoms with Gasteiger partial charge < -0.3 is 4.74 Å². The second kappa shape index (κ2) is 4.40. The maximum atomic E-state index is 5.68. The summed E-state index contributed by atoms with van der Waals surface area (Å²) in [5, 5.41) is 0. The lowest BCUT2D eigenvalue weighted by atomic mass is 10.0. The van der Waals surface area contributed by atoms with Gasteiger partial charge >= 0.3 is 0 Å². The van der Waals surface area contributed by atoms with Gasteiger partial charge in [0.2, 0.25) is 0 Å². The van der Waals surface area contributed by atoms with Crippen molar-refractivity contribution >= 4 is 0 Å². The van der Waals surface area contributed by atoms with E-state index >= 15 is 0 Å². The van der Waals surface area contributed by atoms with Crippen LogP contribution < -0.4 is 0 Å². The minimum Gasteiger partial charge on any atom is -0.378 e. The smallest absolute Gasteiger partial charge is 0.0635 e. The van der Waals surface area contributed by atoms with Gasteiger partial charge in [-0.3, -0.25) is 9.80 Å². The zero-order valence-electron chi connectivity index (χ0n) is 10.4. The quantitative estimate of drug-likeness (QED) is 0.684. The van der Waals surface area contributed by atoms with Gasteiger partial charge in [-0.15, -0.1) is 0 Å². The first-order valence-electron chi connectivity index (χ1n) is 6.18. The highest BCUT2D eigenvalue weighted by Gasteiger charge is 2.39. The molecule has 0 saturated carbocycles. The third-order valence-corrected chi connectivity index (χ3v) is 3.68. The zero-order chi connectivity index (χ0) is 11.0. The highest BCUT2D eigenvalue weighted by atomic mass is 16.5. The molecule has 2 saturated heterocycles. The third-order valence-electron chi connectivity index (χ3n) is 3.68. The normalized spacial score (nSPS) is 34.0. The molecule has 3 nitrogen and oxygen atoms in total. The Kier molecular flexibility index (Phi) is 3.33. The van der Waals surface area contributed by atoms with E-state index in [1.165, 1.54) is 13.1 Å². The molecule has 2 aliphatic rings. The third kappa shape index (κ3) is 2.19. The largest absolute Gasteiger partial charge is 0.378 e. The van der Waals surface area contributed by atoms with E-state index in [0.29, 0.717) is 24.2 Å². The van der Waals surface area contributed by atoms with E-state index in [4.69, 9.17) is 4.74 Å². The highest BCUT2D eigenvalue weighted by molar-refractivity contribution is 4.94. The maximum absolute atomic E-state index is 5.68. The lowest BCUT2D eigenvalue weighted by Gasteiger charge is -2.52. The fourth-order valence-corrected chi connectivity index (χ4v) is 2.99. The Morgan fingerprint density at radius 1 is 0.933 bits per heavy atom. The van der Waals surface area contributed by atoms with Crippen LogP contribution in [0, 0.1) is 0 Å². The van der Waals surface area contributed by atoms with E-state index in [-0.39, 0.29) is 0 Å². The van der Waals surface area contributed by atoms with Crippen molar-refractivity contribution in [2.75, 3.05) is 26.3 Å². The first-order chi connectivity index (χ1) is 7.09. The maximum Gasteiger partial charge on any atom is 0.0635 e. The molecule has 2 aliphatic heterocycles. The summed E-state index contributed by atoms with van der Waals surface area (Å²) in [6.07, 6.45) is 0. The van der Waals surface area contributed by atoms with Gasteiger partial charge in [0.05, 0.1) is 13.2 Å². The van der Waals surface area contributed by atoms with Gasteiger partial charge in [0.15, 0.2) is 0 Å². The Hall–Kier alpha value is -0.120. The molecule has 0 aromatic carbocycles. The van der Waals surface area contributed by atoms with Crippen LogP contribution in [0.2, 0.25) is 0 Å². The van der Waals surface area contributed by atoms with Crippen LogP contribution in [-0.4, -0.2) is 60.3 Å². The molecule has 0 aromatic rings. The monoisotopic (exact) mass is 212 g/mol. The molecule has 2 unspecified atom stereocenters. The minimum absolute atomic E-state index is 0.611. The Labute approximate surface area is 93.4 Å². The van der Waals surface area contributed by atoms with Crippen LogP contribution in [0.5, 0.6) is 0 Å². The van der Waals surface area contributed by atoms with Crippen molar-refractivity contribution in [3.05, 3.63) is 0 Å². The highest BCUT2D eigenvalue weighted by Crippen LogP contribution is 2.24. The van der Waals surface area contributed by atoms with Crippen LogP contribution in [-0.2, 0) is 4.74 Å². The molecule has 2 rings (SSSR count). The van der Waals surface area contributed by atoms with Crippen LogP contribution in [0.25, 0.3) is 0 Å². The van der Waals surface area contributed by atoms with Crippen molar-refractivity contribution in [1.82, 2.24) is 9.80 Å². The molecule has 0 amide bonds. The van der Waals surface area contributed by atoms with Gasteiger partial charge in [-0.1, -0.05) is 0 Å². The molecule has 0 radical (unpaired) electrons. The van der Waals surface area contributed by atoms with Crippen molar-refractivity contribution in [2.24, 2.45) is 0 Å². The molecule has 2 bridgehead atoms. The van der Waals surface area contributed by atoms with Gasteiger partial charge in [0, 0.05) is 37.3 Å². The molecule has 0 aliphatic carbocycles. The van der Waals surface area contributed by atoms with Gasteiger partial charge in [-0.25, -0.2) is 0 Å². The number of hydrogen-bond acceptors (Lipinski definition) is 3. The van der Waals surface area contributed by atoms with Crippen LogP contribution in [0.15, 0.2) is 0 Å². The van der Waals surface area contributed by atoms with E-state index in [9.17, 15) is 0 Å². The Bertz CT molecular complexity index is 204. The summed E-state index contributed by atoms with van der Waals surface area (Å²) in [6, 6.07) is 2.54. The first-order valence-corrected chi connectivity index (χ1v) is 6.18. The van der Waals surface area contributed by atoms with E-state index in [1.807, 2.05) is 0 Å².